The van der Waals surface area contributed by atoms with Crippen LogP contribution in [0.4, 0.5) is 0 Å². The molecule has 0 spiro atoms. The van der Waals surface area contributed by atoms with Gasteiger partial charge in [0.15, 0.2) is 5.60 Å². The number of β-amino-alcohol motifs (C(OH)–C–C–N with tert-alkyl or cyclic N) is 1. The van der Waals surface area contributed by atoms with E-state index < -0.39 is 11.5 Å². The Kier molecular flexibility index (Phi) is 4.52. The van der Waals surface area contributed by atoms with Crippen molar-refractivity contribution < 1.29 is 14.6 Å². The number of aliphatic hydroxyl groups is 1. The second-order valence-electron chi connectivity index (χ2n) is 5.17. The second kappa shape index (κ2) is 5.99. The number of ether oxygens (including phenoxy) is 1. The maximum absolute atomic E-state index is 11.3. The summed E-state index contributed by atoms with van der Waals surface area (Å²) >= 11 is 5.93. The third-order valence-electron chi connectivity index (χ3n) is 3.65. The summed E-state index contributed by atoms with van der Waals surface area (Å²) in [6.45, 7) is 1.63. The lowest BCUT2D eigenvalue weighted by Gasteiger charge is -2.37. The summed E-state index contributed by atoms with van der Waals surface area (Å²) < 4.78 is 5.30. The van der Waals surface area contributed by atoms with Crippen molar-refractivity contribution in [2.24, 2.45) is 5.73 Å². The van der Waals surface area contributed by atoms with E-state index in [2.05, 4.69) is 0 Å². The van der Waals surface area contributed by atoms with E-state index in [4.69, 9.17) is 22.1 Å². The van der Waals surface area contributed by atoms with Gasteiger partial charge in [0, 0.05) is 23.7 Å². The number of benzene rings is 1. The van der Waals surface area contributed by atoms with Crippen molar-refractivity contribution in [1.82, 2.24) is 4.90 Å². The number of halogens is 1. The number of hydrogen-bond acceptors (Lipinski definition) is 4. The highest BCUT2D eigenvalue weighted by atomic mass is 35.5. The van der Waals surface area contributed by atoms with Gasteiger partial charge in [-0.2, -0.15) is 0 Å². The van der Waals surface area contributed by atoms with Gasteiger partial charge in [0.05, 0.1) is 7.11 Å². The highest BCUT2D eigenvalue weighted by molar-refractivity contribution is 6.30. The molecule has 1 amide bonds. The highest BCUT2D eigenvalue weighted by Gasteiger charge is 2.38. The van der Waals surface area contributed by atoms with Crippen LogP contribution in [0.1, 0.15) is 18.4 Å². The Labute approximate surface area is 123 Å². The van der Waals surface area contributed by atoms with Crippen LogP contribution in [-0.2, 0) is 11.3 Å². The van der Waals surface area contributed by atoms with Crippen LogP contribution >= 0.6 is 11.6 Å². The molecule has 1 heterocycles. The molecule has 5 nitrogen and oxygen atoms in total. The average Bonchev–Trinajstić information content (AvgIpc) is 2.41. The van der Waals surface area contributed by atoms with E-state index in [-0.39, 0.29) is 6.54 Å². The Hall–Kier alpha value is -1.30. The first kappa shape index (κ1) is 15.1. The van der Waals surface area contributed by atoms with Crippen molar-refractivity contribution in [2.45, 2.75) is 25.0 Å². The van der Waals surface area contributed by atoms with E-state index in [1.54, 1.807) is 19.2 Å². The fraction of sp³-hybridized carbons (Fsp3) is 0.500. The molecule has 0 saturated carbocycles. The predicted molar refractivity (Wildman–Crippen MR) is 76.7 cm³/mol. The maximum Gasteiger partial charge on any atom is 0.250 e. The van der Waals surface area contributed by atoms with Crippen molar-refractivity contribution in [3.8, 4) is 5.75 Å². The van der Waals surface area contributed by atoms with Gasteiger partial charge in [-0.05, 0) is 31.5 Å². The van der Waals surface area contributed by atoms with E-state index in [1.807, 2.05) is 11.0 Å². The molecule has 20 heavy (non-hydrogen) atoms. The molecule has 0 bridgehead atoms. The van der Waals surface area contributed by atoms with Crippen LogP contribution in [0.3, 0.4) is 0 Å². The molecule has 1 aromatic rings. The number of carbonyl (C=O) groups is 1. The Morgan fingerprint density at radius 3 is 3.00 bits per heavy atom. The van der Waals surface area contributed by atoms with Gasteiger partial charge in [0.25, 0.3) is 5.91 Å². The topological polar surface area (TPSA) is 75.8 Å². The summed E-state index contributed by atoms with van der Waals surface area (Å²) in [6.07, 6.45) is 1.14. The average molecular weight is 299 g/mol. The van der Waals surface area contributed by atoms with E-state index in [9.17, 15) is 9.90 Å². The number of nitrogens with two attached hydrogens (primary N) is 1. The number of hydrogen-bond donors (Lipinski definition) is 2. The number of piperidine rings is 1. The normalized spacial score (nSPS) is 23.6. The summed E-state index contributed by atoms with van der Waals surface area (Å²) in [5.41, 5.74) is 4.81. The van der Waals surface area contributed by atoms with Crippen molar-refractivity contribution in [3.05, 3.63) is 28.8 Å². The van der Waals surface area contributed by atoms with Gasteiger partial charge < -0.3 is 15.6 Å². The molecule has 3 N–H and O–H groups in total. The van der Waals surface area contributed by atoms with Gasteiger partial charge in [-0.25, -0.2) is 0 Å². The van der Waals surface area contributed by atoms with Gasteiger partial charge in [0.2, 0.25) is 0 Å². The third-order valence-corrected chi connectivity index (χ3v) is 3.89. The van der Waals surface area contributed by atoms with Crippen molar-refractivity contribution in [1.29, 1.82) is 0 Å². The molecule has 0 unspecified atom stereocenters. The van der Waals surface area contributed by atoms with Crippen molar-refractivity contribution >= 4 is 17.5 Å². The minimum absolute atomic E-state index is 0.244. The van der Waals surface area contributed by atoms with Crippen LogP contribution in [0.15, 0.2) is 18.2 Å². The zero-order valence-corrected chi connectivity index (χ0v) is 12.2. The predicted octanol–water partition coefficient (Wildman–Crippen LogP) is 1.16. The molecule has 6 heteroatoms. The fourth-order valence-corrected chi connectivity index (χ4v) is 2.71. The summed E-state index contributed by atoms with van der Waals surface area (Å²) in [5, 5.41) is 10.8. The van der Waals surface area contributed by atoms with Gasteiger partial charge in [-0.15, -0.1) is 0 Å². The number of rotatable bonds is 4. The zero-order chi connectivity index (χ0) is 14.8. The molecule has 1 saturated heterocycles. The first-order chi connectivity index (χ1) is 9.44. The lowest BCUT2D eigenvalue weighted by atomic mass is 9.92. The number of primary amides is 1. The molecular weight excluding hydrogens is 280 g/mol. The minimum atomic E-state index is -1.43. The molecule has 1 atom stereocenters. The number of nitrogens with zero attached hydrogens (tertiary/aromatic N) is 1. The fourth-order valence-electron chi connectivity index (χ4n) is 2.55. The number of amides is 1. The lowest BCUT2D eigenvalue weighted by molar-refractivity contribution is -0.142. The van der Waals surface area contributed by atoms with Crippen LogP contribution in [0.25, 0.3) is 0 Å². The molecule has 0 radical (unpaired) electrons. The summed E-state index contributed by atoms with van der Waals surface area (Å²) in [7, 11) is 1.59. The second-order valence-corrected chi connectivity index (χ2v) is 5.60. The minimum Gasteiger partial charge on any atom is -0.496 e. The van der Waals surface area contributed by atoms with Crippen LogP contribution in [0.2, 0.25) is 5.02 Å². The Balaban J connectivity index is 2.12. The largest absolute Gasteiger partial charge is 0.496 e. The van der Waals surface area contributed by atoms with Crippen LogP contribution in [0, 0.1) is 0 Å². The lowest BCUT2D eigenvalue weighted by Crippen LogP contribution is -2.55. The standard InChI is InChI=1S/C14H19ClN2O3/c1-20-12-7-11(15)4-3-10(12)8-17-6-2-5-14(19,9-17)13(16)18/h3-4,7,19H,2,5-6,8-9H2,1H3,(H2,16,18)/t14-/m1/s1. The molecule has 1 aliphatic rings. The Bertz CT molecular complexity index is 509. The Morgan fingerprint density at radius 2 is 2.35 bits per heavy atom. The SMILES string of the molecule is COc1cc(Cl)ccc1CN1CCC[C@](O)(C(N)=O)C1. The number of likely N-dealkylation sites (tertiary alicyclic amines) is 1. The van der Waals surface area contributed by atoms with Crippen LogP contribution in [-0.4, -0.2) is 41.7 Å². The summed E-state index contributed by atoms with van der Waals surface area (Å²) in [4.78, 5) is 13.3. The van der Waals surface area contributed by atoms with Crippen LogP contribution < -0.4 is 10.5 Å². The molecule has 110 valence electrons. The summed E-state index contributed by atoms with van der Waals surface area (Å²) in [6, 6.07) is 5.43. The maximum atomic E-state index is 11.3. The zero-order valence-electron chi connectivity index (χ0n) is 11.4. The molecular formula is C14H19ClN2O3. The first-order valence-corrected chi connectivity index (χ1v) is 6.89. The van der Waals surface area contributed by atoms with Gasteiger partial charge in [-0.1, -0.05) is 17.7 Å². The smallest absolute Gasteiger partial charge is 0.250 e. The third kappa shape index (κ3) is 3.23. The van der Waals surface area contributed by atoms with Crippen LogP contribution in [0.5, 0.6) is 5.75 Å². The van der Waals surface area contributed by atoms with Gasteiger partial charge >= 0.3 is 0 Å². The van der Waals surface area contributed by atoms with Gasteiger partial charge in [0.1, 0.15) is 5.75 Å². The summed E-state index contributed by atoms with van der Waals surface area (Å²) in [5.74, 6) is 0.0379. The Morgan fingerprint density at radius 1 is 1.60 bits per heavy atom. The van der Waals surface area contributed by atoms with E-state index >= 15 is 0 Å². The highest BCUT2D eigenvalue weighted by Crippen LogP contribution is 2.27. The number of carbonyl (C=O) groups excluding carboxylic acids is 1. The molecule has 1 aliphatic heterocycles. The molecule has 0 aromatic heterocycles. The molecule has 1 aromatic carbocycles. The van der Waals surface area contributed by atoms with Crippen molar-refractivity contribution in [2.75, 3.05) is 20.2 Å². The molecule has 1 fully saturated rings. The quantitative estimate of drug-likeness (QED) is 0.875. The van der Waals surface area contributed by atoms with E-state index in [1.165, 1.54) is 0 Å². The molecule has 2 rings (SSSR count). The van der Waals surface area contributed by atoms with E-state index in [0.717, 1.165) is 18.5 Å². The monoisotopic (exact) mass is 298 g/mol. The first-order valence-electron chi connectivity index (χ1n) is 6.52. The van der Waals surface area contributed by atoms with Gasteiger partial charge in [-0.3, -0.25) is 9.69 Å². The van der Waals surface area contributed by atoms with E-state index in [0.29, 0.717) is 23.7 Å². The number of methoxy groups -OCH3 is 1. The van der Waals surface area contributed by atoms with Crippen molar-refractivity contribution in [3.63, 3.8) is 0 Å². The molecule has 0 aliphatic carbocycles.